The summed E-state index contributed by atoms with van der Waals surface area (Å²) in [7, 11) is 1.31. The highest BCUT2D eigenvalue weighted by Crippen LogP contribution is 2.17. The van der Waals surface area contributed by atoms with Crippen molar-refractivity contribution in [1.29, 1.82) is 0 Å². The second-order valence-corrected chi connectivity index (χ2v) is 4.39. The van der Waals surface area contributed by atoms with E-state index in [9.17, 15) is 9.59 Å². The molecule has 0 aliphatic heterocycles. The van der Waals surface area contributed by atoms with E-state index in [-0.39, 0.29) is 19.0 Å². The largest absolute Gasteiger partial charge is 0.468 e. The molecule has 0 rings (SSSR count). The first-order chi connectivity index (χ1) is 7.38. The zero-order valence-corrected chi connectivity index (χ0v) is 10.6. The molecule has 94 valence electrons. The van der Waals surface area contributed by atoms with Gasteiger partial charge in [-0.3, -0.25) is 9.59 Å². The first-order valence-corrected chi connectivity index (χ1v) is 5.45. The van der Waals surface area contributed by atoms with Crippen molar-refractivity contribution >= 4 is 11.9 Å². The fourth-order valence-corrected chi connectivity index (χ4v) is 1.26. The summed E-state index contributed by atoms with van der Waals surface area (Å²) in [5.41, 5.74) is 4.91. The molecule has 0 aliphatic rings. The predicted molar refractivity (Wildman–Crippen MR) is 61.7 cm³/mol. The summed E-state index contributed by atoms with van der Waals surface area (Å²) in [5.74, 6) is -0.517. The Kier molecular flexibility index (Phi) is 6.03. The number of rotatable bonds is 6. The van der Waals surface area contributed by atoms with Crippen LogP contribution in [0.3, 0.4) is 0 Å². The highest BCUT2D eigenvalue weighted by Gasteiger charge is 2.31. The van der Waals surface area contributed by atoms with Crippen molar-refractivity contribution in [3.63, 3.8) is 0 Å². The highest BCUT2D eigenvalue weighted by molar-refractivity contribution is 5.86. The number of ether oxygens (including phenoxy) is 1. The molecule has 1 amide bonds. The van der Waals surface area contributed by atoms with Crippen LogP contribution in [0, 0.1) is 5.41 Å². The van der Waals surface area contributed by atoms with Crippen LogP contribution in [-0.2, 0) is 14.3 Å². The van der Waals surface area contributed by atoms with Crippen LogP contribution in [0.15, 0.2) is 0 Å². The third kappa shape index (κ3) is 4.18. The van der Waals surface area contributed by atoms with Gasteiger partial charge in [-0.25, -0.2) is 0 Å². The van der Waals surface area contributed by atoms with Crippen molar-refractivity contribution < 1.29 is 14.3 Å². The topological polar surface area (TPSA) is 72.6 Å². The van der Waals surface area contributed by atoms with Gasteiger partial charge in [0.15, 0.2) is 0 Å². The first kappa shape index (κ1) is 14.9. The molecule has 0 bridgehead atoms. The lowest BCUT2D eigenvalue weighted by atomic mass is 9.92. The minimum absolute atomic E-state index is 0.00734. The van der Waals surface area contributed by atoms with Gasteiger partial charge < -0.3 is 15.4 Å². The van der Waals surface area contributed by atoms with Crippen molar-refractivity contribution in [3.8, 4) is 0 Å². The number of methoxy groups -OCH3 is 1. The van der Waals surface area contributed by atoms with Crippen LogP contribution < -0.4 is 5.73 Å². The average molecular weight is 230 g/mol. The molecule has 5 heteroatoms. The van der Waals surface area contributed by atoms with Crippen LogP contribution in [0.4, 0.5) is 0 Å². The van der Waals surface area contributed by atoms with Crippen molar-refractivity contribution in [2.24, 2.45) is 11.1 Å². The number of esters is 1. The van der Waals surface area contributed by atoms with Gasteiger partial charge in [-0.05, 0) is 20.3 Å². The second-order valence-electron chi connectivity index (χ2n) is 4.39. The Morgan fingerprint density at radius 1 is 1.38 bits per heavy atom. The molecule has 0 spiro atoms. The summed E-state index contributed by atoms with van der Waals surface area (Å²) in [6.45, 7) is 6.29. The lowest BCUT2D eigenvalue weighted by Crippen LogP contribution is -2.47. The van der Waals surface area contributed by atoms with Gasteiger partial charge in [0.1, 0.15) is 6.54 Å². The summed E-state index contributed by atoms with van der Waals surface area (Å²) in [4.78, 5) is 24.7. The van der Waals surface area contributed by atoms with Gasteiger partial charge in [-0.2, -0.15) is 0 Å². The van der Waals surface area contributed by atoms with Crippen molar-refractivity contribution in [2.75, 3.05) is 26.7 Å². The summed E-state index contributed by atoms with van der Waals surface area (Å²) in [6.07, 6.45) is 0.795. The molecular formula is C11H22N2O3. The minimum Gasteiger partial charge on any atom is -0.468 e. The predicted octanol–water partition coefficient (Wildman–Crippen LogP) is 0.383. The van der Waals surface area contributed by atoms with Crippen LogP contribution in [0.2, 0.25) is 0 Å². The SMILES string of the molecule is CCCN(CC(=O)OC)C(=O)C(C)(C)CN. The lowest BCUT2D eigenvalue weighted by molar-refractivity contribution is -0.150. The number of carbonyl (C=O) groups is 2. The van der Waals surface area contributed by atoms with E-state index in [1.807, 2.05) is 6.92 Å². The van der Waals surface area contributed by atoms with Crippen LogP contribution in [0.25, 0.3) is 0 Å². The molecule has 0 aromatic rings. The zero-order chi connectivity index (χ0) is 12.8. The van der Waals surface area contributed by atoms with Gasteiger partial charge in [0.05, 0.1) is 12.5 Å². The van der Waals surface area contributed by atoms with E-state index in [0.29, 0.717) is 6.54 Å². The van der Waals surface area contributed by atoms with Crippen LogP contribution in [0.1, 0.15) is 27.2 Å². The number of hydrogen-bond donors (Lipinski definition) is 1. The van der Waals surface area contributed by atoms with Gasteiger partial charge in [0.25, 0.3) is 0 Å². The third-order valence-corrected chi connectivity index (χ3v) is 2.42. The fourth-order valence-electron chi connectivity index (χ4n) is 1.26. The quantitative estimate of drug-likeness (QED) is 0.670. The molecule has 0 aliphatic carbocycles. The molecular weight excluding hydrogens is 208 g/mol. The van der Waals surface area contributed by atoms with E-state index < -0.39 is 11.4 Å². The summed E-state index contributed by atoms with van der Waals surface area (Å²) >= 11 is 0. The smallest absolute Gasteiger partial charge is 0.325 e. The number of carbonyl (C=O) groups excluding carboxylic acids is 2. The van der Waals surface area contributed by atoms with E-state index in [1.54, 1.807) is 13.8 Å². The van der Waals surface area contributed by atoms with E-state index >= 15 is 0 Å². The van der Waals surface area contributed by atoms with E-state index in [4.69, 9.17) is 5.73 Å². The van der Waals surface area contributed by atoms with Crippen LogP contribution in [-0.4, -0.2) is 43.5 Å². The number of nitrogens with two attached hydrogens (primary N) is 1. The molecule has 0 saturated heterocycles. The van der Waals surface area contributed by atoms with Crippen molar-refractivity contribution in [3.05, 3.63) is 0 Å². The molecule has 0 heterocycles. The van der Waals surface area contributed by atoms with Crippen LogP contribution in [0.5, 0.6) is 0 Å². The Bertz CT molecular complexity index is 252. The van der Waals surface area contributed by atoms with Gasteiger partial charge in [-0.15, -0.1) is 0 Å². The standard InChI is InChI=1S/C11H22N2O3/c1-5-6-13(7-9(14)16-4)10(15)11(2,3)8-12/h5-8,12H2,1-4H3. The van der Waals surface area contributed by atoms with Gasteiger partial charge in [-0.1, -0.05) is 6.92 Å². The molecule has 0 aromatic heterocycles. The van der Waals surface area contributed by atoms with Gasteiger partial charge in [0.2, 0.25) is 5.91 Å². The number of nitrogens with zero attached hydrogens (tertiary/aromatic N) is 1. The average Bonchev–Trinajstić information content (AvgIpc) is 2.27. The lowest BCUT2D eigenvalue weighted by Gasteiger charge is -2.30. The molecule has 16 heavy (non-hydrogen) atoms. The normalized spacial score (nSPS) is 11.1. The molecule has 0 unspecified atom stereocenters. The molecule has 5 nitrogen and oxygen atoms in total. The van der Waals surface area contributed by atoms with E-state index in [0.717, 1.165) is 6.42 Å². The zero-order valence-electron chi connectivity index (χ0n) is 10.6. The van der Waals surface area contributed by atoms with Crippen molar-refractivity contribution in [2.45, 2.75) is 27.2 Å². The molecule has 2 N–H and O–H groups in total. The summed E-state index contributed by atoms with van der Waals surface area (Å²) < 4.78 is 4.56. The Morgan fingerprint density at radius 3 is 2.31 bits per heavy atom. The summed E-state index contributed by atoms with van der Waals surface area (Å²) in [6, 6.07) is 0. The molecule has 0 saturated carbocycles. The third-order valence-electron chi connectivity index (χ3n) is 2.42. The molecule has 0 aromatic carbocycles. The van der Waals surface area contributed by atoms with E-state index in [1.165, 1.54) is 12.0 Å². The Labute approximate surface area is 96.9 Å². The number of hydrogen-bond acceptors (Lipinski definition) is 4. The maximum atomic E-state index is 12.1. The Hall–Kier alpha value is -1.10. The van der Waals surface area contributed by atoms with E-state index in [2.05, 4.69) is 4.74 Å². The monoisotopic (exact) mass is 230 g/mol. The maximum absolute atomic E-state index is 12.1. The maximum Gasteiger partial charge on any atom is 0.325 e. The molecule has 0 radical (unpaired) electrons. The molecule has 0 fully saturated rings. The minimum atomic E-state index is -0.636. The second kappa shape index (κ2) is 6.48. The highest BCUT2D eigenvalue weighted by atomic mass is 16.5. The van der Waals surface area contributed by atoms with Crippen molar-refractivity contribution in [1.82, 2.24) is 4.90 Å². The van der Waals surface area contributed by atoms with Crippen LogP contribution >= 0.6 is 0 Å². The first-order valence-electron chi connectivity index (χ1n) is 5.45. The molecule has 0 atom stereocenters. The summed E-state index contributed by atoms with van der Waals surface area (Å²) in [5, 5.41) is 0. The Morgan fingerprint density at radius 2 is 1.94 bits per heavy atom. The fraction of sp³-hybridized carbons (Fsp3) is 0.818. The Balaban J connectivity index is 4.64. The number of amides is 1. The van der Waals surface area contributed by atoms with Gasteiger partial charge >= 0.3 is 5.97 Å². The van der Waals surface area contributed by atoms with Gasteiger partial charge in [0, 0.05) is 13.1 Å².